The van der Waals surface area contributed by atoms with Gasteiger partial charge in [0.1, 0.15) is 0 Å². The van der Waals surface area contributed by atoms with Crippen LogP contribution in [0.1, 0.15) is 63.4 Å². The minimum absolute atomic E-state index is 0.0116. The van der Waals surface area contributed by atoms with Crippen molar-refractivity contribution in [3.8, 4) is 11.5 Å². The van der Waals surface area contributed by atoms with E-state index in [-0.39, 0.29) is 50.4 Å². The number of ether oxygens (including phenoxy) is 2. The number of amides is 3. The van der Waals surface area contributed by atoms with Crippen molar-refractivity contribution in [1.29, 1.82) is 0 Å². The summed E-state index contributed by atoms with van der Waals surface area (Å²) in [6.07, 6.45) is 4.47. The van der Waals surface area contributed by atoms with E-state index in [0.717, 1.165) is 42.3 Å². The van der Waals surface area contributed by atoms with E-state index < -0.39 is 23.8 Å². The number of aliphatic carboxylic acids is 1. The average Bonchev–Trinajstić information content (AvgIpc) is 3.63. The SMILES string of the molecule is CCCCN(CCCC[N+](C)(C)C)C(=O)CN1CC(c2ccc3c(c2)OCO3)C(C(=O)O)C1CCN1C(=O)CCC1=O. The summed E-state index contributed by atoms with van der Waals surface area (Å²) < 4.78 is 11.9. The van der Waals surface area contributed by atoms with Gasteiger partial charge in [-0.3, -0.25) is 29.0 Å². The van der Waals surface area contributed by atoms with Crippen LogP contribution in [0, 0.1) is 5.92 Å². The Morgan fingerprint density at radius 2 is 1.71 bits per heavy atom. The molecule has 3 unspecified atom stereocenters. The zero-order chi connectivity index (χ0) is 30.4. The van der Waals surface area contributed by atoms with Crippen molar-refractivity contribution >= 4 is 23.7 Å². The number of carboxylic acid groups (broad SMARTS) is 1. The van der Waals surface area contributed by atoms with Gasteiger partial charge in [0, 0.05) is 51.0 Å². The highest BCUT2D eigenvalue weighted by atomic mass is 16.7. The fourth-order valence-electron chi connectivity index (χ4n) is 6.34. The van der Waals surface area contributed by atoms with Gasteiger partial charge in [-0.25, -0.2) is 0 Å². The Hall–Kier alpha value is -3.18. The summed E-state index contributed by atoms with van der Waals surface area (Å²) in [5.74, 6) is -1.43. The van der Waals surface area contributed by atoms with Gasteiger partial charge in [-0.05, 0) is 43.4 Å². The molecule has 11 heteroatoms. The highest BCUT2D eigenvalue weighted by molar-refractivity contribution is 6.01. The topological polar surface area (TPSA) is 117 Å². The normalized spacial score (nSPS) is 22.3. The van der Waals surface area contributed by atoms with Crippen LogP contribution < -0.4 is 9.47 Å². The van der Waals surface area contributed by atoms with Gasteiger partial charge < -0.3 is 24.0 Å². The van der Waals surface area contributed by atoms with Gasteiger partial charge >= 0.3 is 5.97 Å². The second-order valence-corrected chi connectivity index (χ2v) is 12.8. The van der Waals surface area contributed by atoms with Crippen LogP contribution in [-0.4, -0.2) is 121 Å². The van der Waals surface area contributed by atoms with Crippen LogP contribution in [0.2, 0.25) is 0 Å². The first-order valence-electron chi connectivity index (χ1n) is 15.3. The number of hydrogen-bond donors (Lipinski definition) is 1. The third kappa shape index (κ3) is 7.80. The van der Waals surface area contributed by atoms with Crippen LogP contribution >= 0.6 is 0 Å². The molecule has 2 fully saturated rings. The Labute approximate surface area is 248 Å². The summed E-state index contributed by atoms with van der Waals surface area (Å²) in [4.78, 5) is 56.3. The van der Waals surface area contributed by atoms with Crippen LogP contribution in [0.3, 0.4) is 0 Å². The van der Waals surface area contributed by atoms with E-state index in [1.165, 1.54) is 4.90 Å². The number of imide groups is 1. The number of benzene rings is 1. The fraction of sp³-hybridized carbons (Fsp3) is 0.677. The smallest absolute Gasteiger partial charge is 0.308 e. The molecule has 0 spiro atoms. The molecule has 3 aliphatic heterocycles. The minimum atomic E-state index is -0.958. The lowest BCUT2D eigenvalue weighted by Crippen LogP contribution is -2.46. The molecule has 1 aromatic rings. The van der Waals surface area contributed by atoms with E-state index in [4.69, 9.17) is 9.47 Å². The second kappa shape index (κ2) is 13.9. The van der Waals surface area contributed by atoms with Gasteiger partial charge in [-0.2, -0.15) is 0 Å². The Bertz CT molecular complexity index is 1130. The first-order valence-corrected chi connectivity index (χ1v) is 15.3. The molecule has 3 amide bonds. The zero-order valence-corrected chi connectivity index (χ0v) is 25.5. The number of rotatable bonds is 15. The summed E-state index contributed by atoms with van der Waals surface area (Å²) in [7, 11) is 6.48. The summed E-state index contributed by atoms with van der Waals surface area (Å²) in [5.41, 5.74) is 0.808. The lowest BCUT2D eigenvalue weighted by molar-refractivity contribution is -0.870. The molecule has 1 N–H and O–H groups in total. The van der Waals surface area contributed by atoms with Crippen LogP contribution in [0.25, 0.3) is 0 Å². The molecule has 0 aliphatic carbocycles. The molecule has 1 aromatic carbocycles. The van der Waals surface area contributed by atoms with Crippen molar-refractivity contribution in [2.75, 3.05) is 67.2 Å². The van der Waals surface area contributed by atoms with E-state index in [1.54, 1.807) is 6.07 Å². The maximum Gasteiger partial charge on any atom is 0.308 e. The number of likely N-dealkylation sites (tertiary alicyclic amines) is 2. The molecule has 3 aliphatic rings. The number of carbonyl (C=O) groups is 4. The first kappa shape index (κ1) is 31.7. The molecule has 3 atom stereocenters. The summed E-state index contributed by atoms with van der Waals surface area (Å²) in [6, 6.07) is 4.98. The van der Waals surface area contributed by atoms with Gasteiger partial charge in [0.2, 0.25) is 24.5 Å². The van der Waals surface area contributed by atoms with Crippen molar-refractivity contribution in [1.82, 2.24) is 14.7 Å². The molecular formula is C31H47N4O7+. The third-order valence-corrected chi connectivity index (χ3v) is 8.64. The quantitative estimate of drug-likeness (QED) is 0.189. The van der Waals surface area contributed by atoms with Gasteiger partial charge in [0.15, 0.2) is 11.5 Å². The van der Waals surface area contributed by atoms with Crippen molar-refractivity contribution < 1.29 is 38.2 Å². The number of carbonyl (C=O) groups excluding carboxylic acids is 3. The first-order chi connectivity index (χ1) is 20.0. The molecule has 42 heavy (non-hydrogen) atoms. The Morgan fingerprint density at radius 1 is 1.02 bits per heavy atom. The standard InChI is InChI=1S/C31H46N4O7/c1-5-6-14-32(15-7-8-17-35(2,3)4)29(38)20-33-19-23(22-9-10-25-26(18-22)42-21-41-25)30(31(39)40)24(33)13-16-34-27(36)11-12-28(34)37/h9-10,18,23-24,30H,5-8,11-17,19-21H2,1-4H3/p+1. The number of carboxylic acids is 1. The maximum absolute atomic E-state index is 13.8. The highest BCUT2D eigenvalue weighted by Crippen LogP contribution is 2.43. The van der Waals surface area contributed by atoms with Gasteiger partial charge in [-0.15, -0.1) is 0 Å². The molecule has 2 saturated heterocycles. The zero-order valence-electron chi connectivity index (χ0n) is 25.5. The van der Waals surface area contributed by atoms with E-state index in [9.17, 15) is 24.3 Å². The molecule has 11 nitrogen and oxygen atoms in total. The van der Waals surface area contributed by atoms with E-state index in [0.29, 0.717) is 37.6 Å². The number of unbranched alkanes of at least 4 members (excludes halogenated alkanes) is 2. The van der Waals surface area contributed by atoms with Crippen LogP contribution in [0.4, 0.5) is 0 Å². The number of hydrogen-bond acceptors (Lipinski definition) is 7. The average molecular weight is 588 g/mol. The Morgan fingerprint density at radius 3 is 2.38 bits per heavy atom. The minimum Gasteiger partial charge on any atom is -0.481 e. The van der Waals surface area contributed by atoms with Gasteiger partial charge in [0.25, 0.3) is 0 Å². The van der Waals surface area contributed by atoms with Crippen LogP contribution in [0.15, 0.2) is 18.2 Å². The molecule has 4 rings (SSSR count). The lowest BCUT2D eigenvalue weighted by Gasteiger charge is -2.31. The molecule has 3 heterocycles. The molecule has 0 bridgehead atoms. The van der Waals surface area contributed by atoms with Crippen molar-refractivity contribution in [3.63, 3.8) is 0 Å². The van der Waals surface area contributed by atoms with Crippen molar-refractivity contribution in [2.24, 2.45) is 5.92 Å². The van der Waals surface area contributed by atoms with Gasteiger partial charge in [0.05, 0.1) is 40.2 Å². The third-order valence-electron chi connectivity index (χ3n) is 8.64. The molecule has 0 aromatic heterocycles. The summed E-state index contributed by atoms with van der Waals surface area (Å²) in [5, 5.41) is 10.5. The molecule has 0 radical (unpaired) electrons. The van der Waals surface area contributed by atoms with Crippen LogP contribution in [-0.2, 0) is 19.2 Å². The lowest BCUT2D eigenvalue weighted by atomic mass is 9.84. The van der Waals surface area contributed by atoms with Crippen molar-refractivity contribution in [2.45, 2.75) is 63.8 Å². The van der Waals surface area contributed by atoms with E-state index in [2.05, 4.69) is 28.1 Å². The summed E-state index contributed by atoms with van der Waals surface area (Å²) in [6.45, 7) is 5.20. The molecule has 232 valence electrons. The van der Waals surface area contributed by atoms with E-state index >= 15 is 0 Å². The Kier molecular flexibility index (Phi) is 10.5. The predicted molar refractivity (Wildman–Crippen MR) is 156 cm³/mol. The van der Waals surface area contributed by atoms with E-state index in [1.807, 2.05) is 21.9 Å². The Balaban J connectivity index is 1.54. The molecular weight excluding hydrogens is 540 g/mol. The number of quaternary nitrogens is 1. The molecule has 0 saturated carbocycles. The largest absolute Gasteiger partial charge is 0.481 e. The monoisotopic (exact) mass is 587 g/mol. The fourth-order valence-corrected chi connectivity index (χ4v) is 6.34. The predicted octanol–water partition coefficient (Wildman–Crippen LogP) is 2.54. The van der Waals surface area contributed by atoms with Crippen LogP contribution in [0.5, 0.6) is 11.5 Å². The second-order valence-electron chi connectivity index (χ2n) is 12.8. The van der Waals surface area contributed by atoms with Crippen molar-refractivity contribution in [3.05, 3.63) is 23.8 Å². The summed E-state index contributed by atoms with van der Waals surface area (Å²) >= 11 is 0. The highest BCUT2D eigenvalue weighted by Gasteiger charge is 2.48. The number of fused-ring (bicyclic) bond motifs is 1. The number of nitrogens with zero attached hydrogens (tertiary/aromatic N) is 4. The van der Waals surface area contributed by atoms with Gasteiger partial charge in [-0.1, -0.05) is 19.4 Å². The maximum atomic E-state index is 13.8.